The van der Waals surface area contributed by atoms with Gasteiger partial charge in [-0.3, -0.25) is 4.79 Å². The molecule has 2 rings (SSSR count). The fraction of sp³-hybridized carbons (Fsp3) is 0.250. The highest BCUT2D eigenvalue weighted by Gasteiger charge is 2.14. The summed E-state index contributed by atoms with van der Waals surface area (Å²) in [6.45, 7) is 0. The largest absolute Gasteiger partial charge is 0.273 e. The van der Waals surface area contributed by atoms with Crippen LogP contribution in [0.25, 0.3) is 0 Å². The van der Waals surface area contributed by atoms with E-state index in [1.54, 1.807) is 11.3 Å². The van der Waals surface area contributed by atoms with E-state index in [-0.39, 0.29) is 5.91 Å². The average molecular weight is 306 g/mol. The van der Waals surface area contributed by atoms with Crippen LogP contribution < -0.4 is 5.43 Å². The van der Waals surface area contributed by atoms with Crippen molar-refractivity contribution >= 4 is 45.5 Å². The summed E-state index contributed by atoms with van der Waals surface area (Å²) in [6, 6.07) is 4.10. The summed E-state index contributed by atoms with van der Waals surface area (Å²) in [4.78, 5) is 12.0. The van der Waals surface area contributed by atoms with Gasteiger partial charge in [0.05, 0.1) is 13.5 Å². The molecular weight excluding hydrogens is 299 g/mol. The third-order valence-electron chi connectivity index (χ3n) is 1.76. The fourth-order valence-electron chi connectivity index (χ4n) is 1.12. The summed E-state index contributed by atoms with van der Waals surface area (Å²) in [6.07, 6.45) is 1.30. The summed E-state index contributed by atoms with van der Waals surface area (Å²) >= 11 is 3.98. The van der Waals surface area contributed by atoms with Crippen molar-refractivity contribution in [2.75, 3.05) is 0 Å². The predicted octanol–water partition coefficient (Wildman–Crippen LogP) is 1.97. The maximum absolute atomic E-state index is 10.8. The lowest BCUT2D eigenvalue weighted by atomic mass is 10.1. The molecule has 0 aliphatic carbocycles. The van der Waals surface area contributed by atoms with Crippen molar-refractivity contribution in [3.8, 4) is 0 Å². The number of hydrogen-bond donors (Lipinski definition) is 1. The molecule has 1 N–H and O–H groups in total. The van der Waals surface area contributed by atoms with E-state index in [4.69, 9.17) is 0 Å². The Labute approximate surface area is 93.4 Å². The van der Waals surface area contributed by atoms with Crippen LogP contribution in [0.2, 0.25) is 0 Å². The van der Waals surface area contributed by atoms with Gasteiger partial charge in [-0.15, -0.1) is 11.3 Å². The summed E-state index contributed by atoms with van der Waals surface area (Å²) in [7, 11) is 0. The Hall–Kier alpha value is -0.430. The zero-order valence-corrected chi connectivity index (χ0v) is 9.68. The van der Waals surface area contributed by atoms with E-state index in [2.05, 4.69) is 39.2 Å². The molecule has 0 fully saturated rings. The smallest absolute Gasteiger partial charge is 0.240 e. The average Bonchev–Trinajstić information content (AvgIpc) is 2.53. The molecule has 13 heavy (non-hydrogen) atoms. The number of halogens is 1. The molecule has 0 bridgehead atoms. The zero-order chi connectivity index (χ0) is 9.26. The molecule has 1 aliphatic rings. The molecule has 0 spiro atoms. The van der Waals surface area contributed by atoms with Crippen LogP contribution in [0, 0.1) is 2.88 Å². The highest BCUT2D eigenvalue weighted by Crippen LogP contribution is 2.21. The Kier molecular flexibility index (Phi) is 2.63. The van der Waals surface area contributed by atoms with Crippen molar-refractivity contribution in [3.05, 3.63) is 19.9 Å². The minimum atomic E-state index is 0.00926. The van der Waals surface area contributed by atoms with E-state index >= 15 is 0 Å². The molecule has 1 aromatic heterocycles. The Balaban J connectivity index is 2.22. The number of thiophene rings is 1. The van der Waals surface area contributed by atoms with Gasteiger partial charge in [-0.2, -0.15) is 5.10 Å². The third kappa shape index (κ3) is 2.08. The third-order valence-corrected chi connectivity index (χ3v) is 3.70. The van der Waals surface area contributed by atoms with Gasteiger partial charge >= 0.3 is 0 Å². The number of nitrogens with one attached hydrogen (secondary N) is 1. The minimum absolute atomic E-state index is 0.00926. The number of hydrazone groups is 1. The van der Waals surface area contributed by atoms with Crippen molar-refractivity contribution in [1.82, 2.24) is 5.43 Å². The van der Waals surface area contributed by atoms with Crippen molar-refractivity contribution in [3.63, 3.8) is 0 Å². The first-order chi connectivity index (χ1) is 6.25. The van der Waals surface area contributed by atoms with E-state index in [0.717, 1.165) is 17.0 Å². The van der Waals surface area contributed by atoms with Crippen molar-refractivity contribution in [1.29, 1.82) is 0 Å². The number of carbonyl (C=O) groups is 1. The van der Waals surface area contributed by atoms with Gasteiger partial charge in [0.1, 0.15) is 0 Å². The van der Waals surface area contributed by atoms with Gasteiger partial charge in [0.15, 0.2) is 0 Å². The fourth-order valence-corrected chi connectivity index (χ4v) is 2.76. The Morgan fingerprint density at radius 3 is 2.85 bits per heavy atom. The van der Waals surface area contributed by atoms with Gasteiger partial charge in [-0.25, -0.2) is 5.43 Å². The monoisotopic (exact) mass is 306 g/mol. The van der Waals surface area contributed by atoms with Gasteiger partial charge in [0.25, 0.3) is 0 Å². The number of nitrogens with zero attached hydrogens (tertiary/aromatic N) is 1. The van der Waals surface area contributed by atoms with Crippen LogP contribution in [0.3, 0.4) is 0 Å². The molecule has 1 aliphatic heterocycles. The van der Waals surface area contributed by atoms with Crippen molar-refractivity contribution in [2.24, 2.45) is 5.10 Å². The maximum atomic E-state index is 10.8. The number of hydrogen-bond acceptors (Lipinski definition) is 3. The molecule has 0 aromatic carbocycles. The van der Waals surface area contributed by atoms with E-state index in [1.165, 1.54) is 2.88 Å². The first-order valence-electron chi connectivity index (χ1n) is 3.87. The van der Waals surface area contributed by atoms with Crippen LogP contribution in [0.4, 0.5) is 0 Å². The molecule has 68 valence electrons. The number of amides is 1. The molecule has 3 nitrogen and oxygen atoms in total. The Morgan fingerprint density at radius 2 is 2.31 bits per heavy atom. The van der Waals surface area contributed by atoms with Crippen LogP contribution in [-0.4, -0.2) is 11.6 Å². The lowest BCUT2D eigenvalue weighted by molar-refractivity contribution is -0.121. The summed E-state index contributed by atoms with van der Waals surface area (Å²) in [5.41, 5.74) is 3.49. The molecule has 0 saturated carbocycles. The lowest BCUT2D eigenvalue weighted by Crippen LogP contribution is -2.25. The Bertz CT molecular complexity index is 372. The van der Waals surface area contributed by atoms with Gasteiger partial charge < -0.3 is 0 Å². The van der Waals surface area contributed by atoms with Gasteiger partial charge in [-0.1, -0.05) is 0 Å². The minimum Gasteiger partial charge on any atom is -0.273 e. The van der Waals surface area contributed by atoms with Crippen LogP contribution in [0.1, 0.15) is 17.7 Å². The van der Waals surface area contributed by atoms with Crippen LogP contribution in [0.5, 0.6) is 0 Å². The topological polar surface area (TPSA) is 41.5 Å². The summed E-state index contributed by atoms with van der Waals surface area (Å²) in [5.74, 6) is 0.00926. The van der Waals surface area contributed by atoms with Crippen molar-refractivity contribution < 1.29 is 4.79 Å². The molecule has 2 heterocycles. The van der Waals surface area contributed by atoms with Crippen LogP contribution >= 0.6 is 33.9 Å². The molecule has 0 saturated heterocycles. The molecule has 0 unspecified atom stereocenters. The molecular formula is C8H7IN2OS. The second-order valence-electron chi connectivity index (χ2n) is 2.70. The van der Waals surface area contributed by atoms with Crippen LogP contribution in [-0.2, 0) is 4.79 Å². The Morgan fingerprint density at radius 1 is 1.46 bits per heavy atom. The quantitative estimate of drug-likeness (QED) is 0.792. The first-order valence-corrected chi connectivity index (χ1v) is 5.76. The maximum Gasteiger partial charge on any atom is 0.240 e. The summed E-state index contributed by atoms with van der Waals surface area (Å²) < 4.78 is 1.24. The predicted molar refractivity (Wildman–Crippen MR) is 60.9 cm³/mol. The molecule has 1 aromatic rings. The highest BCUT2D eigenvalue weighted by atomic mass is 127. The molecule has 5 heteroatoms. The molecule has 0 radical (unpaired) electrons. The van der Waals surface area contributed by atoms with E-state index in [1.807, 2.05) is 6.07 Å². The van der Waals surface area contributed by atoms with Crippen LogP contribution in [0.15, 0.2) is 17.2 Å². The van der Waals surface area contributed by atoms with Crippen molar-refractivity contribution in [2.45, 2.75) is 12.8 Å². The molecule has 0 atom stereocenters. The number of carbonyl (C=O) groups excluding carboxylic acids is 1. The van der Waals surface area contributed by atoms with E-state index < -0.39 is 0 Å². The van der Waals surface area contributed by atoms with Gasteiger partial charge in [0, 0.05) is 12.8 Å². The second kappa shape index (κ2) is 3.75. The zero-order valence-electron chi connectivity index (χ0n) is 6.71. The number of rotatable bonds is 1. The SMILES string of the molecule is O=C1CCC(c2ccc(I)s2)=NN1. The second-order valence-corrected chi connectivity index (χ2v) is 5.68. The highest BCUT2D eigenvalue weighted by molar-refractivity contribution is 14.1. The van der Waals surface area contributed by atoms with Gasteiger partial charge in [0.2, 0.25) is 5.91 Å². The summed E-state index contributed by atoms with van der Waals surface area (Å²) in [5, 5.41) is 4.02. The van der Waals surface area contributed by atoms with E-state index in [0.29, 0.717) is 6.42 Å². The first kappa shape index (κ1) is 9.14. The molecule has 1 amide bonds. The standard InChI is InChI=1S/C8H7IN2OS/c9-7-3-2-6(13-7)5-1-4-8(12)11-10-5/h2-3H,1,4H2,(H,11,12). The van der Waals surface area contributed by atoms with E-state index in [9.17, 15) is 4.79 Å². The lowest BCUT2D eigenvalue weighted by Gasteiger charge is -2.09. The van der Waals surface area contributed by atoms with Gasteiger partial charge in [-0.05, 0) is 34.7 Å². The normalized spacial score (nSPS) is 16.7.